The molecule has 0 unspecified atom stereocenters. The number of allylic oxidation sites excluding steroid dienone is 2. The molecule has 2 fully saturated rings. The molecule has 0 spiro atoms. The van der Waals surface area contributed by atoms with E-state index in [-0.39, 0.29) is 5.60 Å². The monoisotopic (exact) mass is 380 g/mol. The zero-order valence-electron chi connectivity index (χ0n) is 18.4. The molecule has 4 aliphatic rings. The van der Waals surface area contributed by atoms with E-state index in [1.807, 2.05) is 0 Å². The second kappa shape index (κ2) is 5.58. The summed E-state index contributed by atoms with van der Waals surface area (Å²) in [5.74, 6) is 3.53. The highest BCUT2D eigenvalue weighted by Crippen LogP contribution is 2.71. The molecule has 3 aliphatic carbocycles. The Labute approximate surface area is 170 Å². The summed E-state index contributed by atoms with van der Waals surface area (Å²) in [6, 6.07) is 4.39. The molecule has 1 N–H and O–H groups in total. The van der Waals surface area contributed by atoms with Gasteiger partial charge in [-0.2, -0.15) is 0 Å². The van der Waals surface area contributed by atoms with Gasteiger partial charge in [0.1, 0.15) is 17.1 Å². The molecule has 1 aliphatic heterocycles. The van der Waals surface area contributed by atoms with Gasteiger partial charge in [-0.15, -0.1) is 0 Å². The van der Waals surface area contributed by atoms with Crippen molar-refractivity contribution in [3.05, 3.63) is 34.9 Å². The van der Waals surface area contributed by atoms with Crippen LogP contribution in [-0.2, 0) is 0 Å². The number of aromatic hydroxyl groups is 1. The lowest BCUT2D eigenvalue weighted by Crippen LogP contribution is -2.45. The summed E-state index contributed by atoms with van der Waals surface area (Å²) in [5, 5.41) is 11.2. The lowest BCUT2D eigenvalue weighted by atomic mass is 9.64. The van der Waals surface area contributed by atoms with Crippen LogP contribution >= 0.6 is 0 Å². The fraction of sp³-hybridized carbons (Fsp3) is 0.692. The Morgan fingerprint density at radius 2 is 1.86 bits per heavy atom. The van der Waals surface area contributed by atoms with Crippen LogP contribution < -0.4 is 4.74 Å². The lowest BCUT2D eigenvalue weighted by molar-refractivity contribution is 0.00737. The van der Waals surface area contributed by atoms with Crippen molar-refractivity contribution < 1.29 is 9.84 Å². The smallest absolute Gasteiger partial charge is 0.127 e. The summed E-state index contributed by atoms with van der Waals surface area (Å²) in [7, 11) is 0. The highest BCUT2D eigenvalue weighted by Gasteiger charge is 2.61. The molecule has 2 nitrogen and oxygen atoms in total. The van der Waals surface area contributed by atoms with Crippen molar-refractivity contribution in [1.29, 1.82) is 0 Å². The van der Waals surface area contributed by atoms with Crippen LogP contribution in [0.25, 0.3) is 0 Å². The molecule has 1 aromatic rings. The summed E-state index contributed by atoms with van der Waals surface area (Å²) in [4.78, 5) is 0. The molecule has 1 heterocycles. The van der Waals surface area contributed by atoms with Crippen molar-refractivity contribution in [2.45, 2.75) is 91.1 Å². The maximum Gasteiger partial charge on any atom is 0.127 e. The van der Waals surface area contributed by atoms with Gasteiger partial charge in [-0.05, 0) is 93.2 Å². The Bertz CT molecular complexity index is 861. The minimum atomic E-state index is -0.197. The number of phenolic OH excluding ortho intramolecular Hbond substituents is 1. The average Bonchev–Trinajstić information content (AvgIpc) is 2.93. The first-order chi connectivity index (χ1) is 13.0. The molecule has 2 saturated carbocycles. The Kier molecular flexibility index (Phi) is 3.70. The van der Waals surface area contributed by atoms with Crippen molar-refractivity contribution in [2.75, 3.05) is 0 Å². The number of fused-ring (bicyclic) bond motifs is 5. The number of phenols is 1. The summed E-state index contributed by atoms with van der Waals surface area (Å²) < 4.78 is 6.58. The molecule has 2 bridgehead atoms. The van der Waals surface area contributed by atoms with E-state index in [1.165, 1.54) is 30.4 Å². The van der Waals surface area contributed by atoms with E-state index in [0.717, 1.165) is 30.1 Å². The highest BCUT2D eigenvalue weighted by atomic mass is 16.5. The standard InChI is InChI=1S/C26H36O2/c1-15-7-8-19-18(11-15)23-21(27)12-16(13-22(23)28-25(19,4)5)20-14-17-9-10-26(20,6)24(17,2)3/h7,12-13,17-20,27H,8-11,14H2,1-6H3/t17-,18-,19-,20-,26+/m1/s1. The van der Waals surface area contributed by atoms with Crippen molar-refractivity contribution >= 4 is 0 Å². The van der Waals surface area contributed by atoms with Gasteiger partial charge in [0.2, 0.25) is 0 Å². The number of hydrogen-bond donors (Lipinski definition) is 1. The third kappa shape index (κ3) is 2.27. The van der Waals surface area contributed by atoms with Crippen LogP contribution in [0, 0.1) is 22.7 Å². The maximum absolute atomic E-state index is 11.2. The fourth-order valence-corrected chi connectivity index (χ4v) is 7.49. The van der Waals surface area contributed by atoms with Crippen molar-refractivity contribution in [2.24, 2.45) is 22.7 Å². The zero-order valence-corrected chi connectivity index (χ0v) is 18.4. The number of rotatable bonds is 1. The normalized spacial score (nSPS) is 39.7. The van der Waals surface area contributed by atoms with Gasteiger partial charge in [0.15, 0.2) is 0 Å². The molecule has 0 aromatic heterocycles. The van der Waals surface area contributed by atoms with Crippen LogP contribution in [0.3, 0.4) is 0 Å². The molecular formula is C26H36O2. The molecule has 2 heteroatoms. The van der Waals surface area contributed by atoms with E-state index < -0.39 is 0 Å². The summed E-state index contributed by atoms with van der Waals surface area (Å²) >= 11 is 0. The minimum absolute atomic E-state index is 0.197. The number of benzene rings is 1. The van der Waals surface area contributed by atoms with Crippen molar-refractivity contribution in [3.8, 4) is 11.5 Å². The molecular weight excluding hydrogens is 344 g/mol. The van der Waals surface area contributed by atoms with Crippen LogP contribution in [0.2, 0.25) is 0 Å². The van der Waals surface area contributed by atoms with E-state index in [1.54, 1.807) is 0 Å². The van der Waals surface area contributed by atoms with E-state index in [2.05, 4.69) is 59.8 Å². The van der Waals surface area contributed by atoms with Gasteiger partial charge < -0.3 is 9.84 Å². The number of ether oxygens (including phenoxy) is 1. The van der Waals surface area contributed by atoms with Gasteiger partial charge in [0, 0.05) is 17.4 Å². The van der Waals surface area contributed by atoms with Gasteiger partial charge in [-0.1, -0.05) is 32.4 Å². The third-order valence-electron chi connectivity index (χ3n) is 9.72. The van der Waals surface area contributed by atoms with Crippen LogP contribution in [0.15, 0.2) is 23.8 Å². The van der Waals surface area contributed by atoms with Gasteiger partial charge in [-0.25, -0.2) is 0 Å². The summed E-state index contributed by atoms with van der Waals surface area (Å²) in [6.45, 7) is 14.1. The SMILES string of the molecule is CC1=CC[C@@H]2[C@@H](C1)c1c(O)cc([C@H]3C[C@H]4CC[C@]3(C)C4(C)C)cc1OC2(C)C. The van der Waals surface area contributed by atoms with E-state index >= 15 is 0 Å². The largest absolute Gasteiger partial charge is 0.508 e. The van der Waals surface area contributed by atoms with Gasteiger partial charge in [0.25, 0.3) is 0 Å². The Morgan fingerprint density at radius 3 is 2.50 bits per heavy atom. The highest BCUT2D eigenvalue weighted by molar-refractivity contribution is 5.54. The molecule has 152 valence electrons. The number of hydrogen-bond acceptors (Lipinski definition) is 2. The van der Waals surface area contributed by atoms with E-state index in [0.29, 0.717) is 34.3 Å². The molecule has 0 amide bonds. The van der Waals surface area contributed by atoms with E-state index in [4.69, 9.17) is 4.74 Å². The second-order valence-electron chi connectivity index (χ2n) is 11.5. The van der Waals surface area contributed by atoms with Crippen LogP contribution in [-0.4, -0.2) is 10.7 Å². The molecule has 0 radical (unpaired) electrons. The van der Waals surface area contributed by atoms with Crippen LogP contribution in [0.1, 0.15) is 96.6 Å². The third-order valence-corrected chi connectivity index (χ3v) is 9.72. The molecule has 1 aromatic carbocycles. The Hall–Kier alpha value is -1.44. The molecule has 0 saturated heterocycles. The topological polar surface area (TPSA) is 29.5 Å². The first kappa shape index (κ1) is 18.6. The quantitative estimate of drug-likeness (QED) is 0.535. The summed E-state index contributed by atoms with van der Waals surface area (Å²) in [6.07, 6.45) is 8.35. The van der Waals surface area contributed by atoms with E-state index in [9.17, 15) is 5.11 Å². The van der Waals surface area contributed by atoms with Crippen molar-refractivity contribution in [1.82, 2.24) is 0 Å². The Balaban J connectivity index is 1.59. The Morgan fingerprint density at radius 1 is 1.11 bits per heavy atom. The van der Waals surface area contributed by atoms with Crippen LogP contribution in [0.4, 0.5) is 0 Å². The van der Waals surface area contributed by atoms with Crippen LogP contribution in [0.5, 0.6) is 11.5 Å². The first-order valence-corrected chi connectivity index (χ1v) is 11.3. The predicted octanol–water partition coefficient (Wildman–Crippen LogP) is 6.93. The first-order valence-electron chi connectivity index (χ1n) is 11.3. The molecule has 28 heavy (non-hydrogen) atoms. The zero-order chi connectivity index (χ0) is 20.1. The average molecular weight is 381 g/mol. The maximum atomic E-state index is 11.2. The van der Waals surface area contributed by atoms with Crippen molar-refractivity contribution in [3.63, 3.8) is 0 Å². The minimum Gasteiger partial charge on any atom is -0.508 e. The van der Waals surface area contributed by atoms with Gasteiger partial charge in [-0.3, -0.25) is 0 Å². The summed E-state index contributed by atoms with van der Waals surface area (Å²) in [5.41, 5.74) is 4.29. The van der Waals surface area contributed by atoms with Gasteiger partial charge in [0.05, 0.1) is 0 Å². The second-order valence-corrected chi connectivity index (χ2v) is 11.5. The fourth-order valence-electron chi connectivity index (χ4n) is 7.49. The van der Waals surface area contributed by atoms with Gasteiger partial charge >= 0.3 is 0 Å². The predicted molar refractivity (Wildman–Crippen MR) is 114 cm³/mol. The molecule has 5 atom stereocenters. The molecule has 5 rings (SSSR count). The lowest BCUT2D eigenvalue weighted by Gasteiger charge is -2.47.